The molecule has 0 spiro atoms. The fraction of sp³-hybridized carbons (Fsp3) is 0.357. The van der Waals surface area contributed by atoms with Crippen LogP contribution in [0.5, 0.6) is 0 Å². The van der Waals surface area contributed by atoms with Crippen molar-refractivity contribution in [2.24, 2.45) is 0 Å². The highest BCUT2D eigenvalue weighted by atomic mass is 32.2. The molecule has 6 aliphatic rings. The second-order valence-electron chi connectivity index (χ2n) is 19.9. The summed E-state index contributed by atoms with van der Waals surface area (Å²) in [6.45, 7) is 11.2. The lowest BCUT2D eigenvalue weighted by Crippen LogP contribution is -2.41. The van der Waals surface area contributed by atoms with E-state index in [-0.39, 0.29) is 44.1 Å². The van der Waals surface area contributed by atoms with Gasteiger partial charge in [0, 0.05) is 99.9 Å². The predicted octanol–water partition coefficient (Wildman–Crippen LogP) is 4.25. The Labute approximate surface area is 470 Å². The largest absolute Gasteiger partial charge is 0.478 e. The molecule has 2 N–H and O–H groups in total. The van der Waals surface area contributed by atoms with Crippen molar-refractivity contribution in [1.82, 2.24) is 39.2 Å². The fourth-order valence-electron chi connectivity index (χ4n) is 10.5. The van der Waals surface area contributed by atoms with Crippen LogP contribution in [-0.2, 0) is 72.8 Å². The number of rotatable bonds is 10. The Balaban J connectivity index is 0.000000162. The molecule has 82 heavy (non-hydrogen) atoms. The fourth-order valence-corrected chi connectivity index (χ4v) is 13.8. The number of ether oxygens (including phenoxy) is 4. The van der Waals surface area contributed by atoms with Gasteiger partial charge in [-0.3, -0.25) is 19.4 Å². The second-order valence-corrected chi connectivity index (χ2v) is 23.7. The number of carboxylic acid groups (broad SMARTS) is 2. The van der Waals surface area contributed by atoms with Gasteiger partial charge in [-0.1, -0.05) is 48.5 Å². The van der Waals surface area contributed by atoms with Crippen molar-refractivity contribution in [3.63, 3.8) is 0 Å². The highest BCUT2D eigenvalue weighted by Crippen LogP contribution is 2.44. The molecule has 0 bridgehead atoms. The van der Waals surface area contributed by atoms with E-state index in [1.165, 1.54) is 12.1 Å². The van der Waals surface area contributed by atoms with Crippen LogP contribution in [0.15, 0.2) is 107 Å². The zero-order chi connectivity index (χ0) is 57.7. The van der Waals surface area contributed by atoms with E-state index in [0.29, 0.717) is 98.6 Å². The Morgan fingerprint density at radius 2 is 0.817 bits per heavy atom. The van der Waals surface area contributed by atoms with Gasteiger partial charge in [0.1, 0.15) is 21.4 Å². The summed E-state index contributed by atoms with van der Waals surface area (Å²) in [4.78, 5) is 53.3. The molecule has 0 atom stereocenters. The van der Waals surface area contributed by atoms with Gasteiger partial charge in [-0.15, -0.1) is 0 Å². The number of benzene rings is 4. The van der Waals surface area contributed by atoms with Crippen molar-refractivity contribution < 1.29 is 74.0 Å². The first-order chi connectivity index (χ1) is 39.5. The number of halogens is 2. The second kappa shape index (κ2) is 24.9. The number of sulfone groups is 2. The van der Waals surface area contributed by atoms with Crippen LogP contribution in [0.3, 0.4) is 0 Å². The van der Waals surface area contributed by atoms with E-state index in [4.69, 9.17) is 29.2 Å². The number of nitrogens with zero attached hydrogens (tertiary/aromatic N) is 8. The number of carbonyl (C=O) groups excluding carboxylic acids is 2. The maximum atomic E-state index is 14.8. The summed E-state index contributed by atoms with van der Waals surface area (Å²) < 4.78 is 107. The molecular weight excluding hydrogens is 1110 g/mol. The monoisotopic (exact) mass is 1170 g/mol. The zero-order valence-corrected chi connectivity index (χ0v) is 46.0. The first-order valence-corrected chi connectivity index (χ1v) is 29.7. The average Bonchev–Trinajstić information content (AvgIpc) is 3.06. The number of carbonyl (C=O) groups is 4. The van der Waals surface area contributed by atoms with E-state index in [0.717, 1.165) is 89.0 Å². The summed E-state index contributed by atoms with van der Waals surface area (Å²) in [6.07, 6.45) is 1.12. The molecule has 0 unspecified atom stereocenters. The number of hydrogen-bond donors (Lipinski definition) is 2. The molecule has 6 aliphatic heterocycles. The molecule has 4 fully saturated rings. The van der Waals surface area contributed by atoms with Gasteiger partial charge in [-0.25, -0.2) is 44.6 Å². The minimum absolute atomic E-state index is 0.0766. The zero-order valence-electron chi connectivity index (χ0n) is 44.3. The maximum Gasteiger partial charge on any atom is 0.328 e. The number of fused-ring (bicyclic) bond motifs is 6. The van der Waals surface area contributed by atoms with Crippen molar-refractivity contribution in [3.05, 3.63) is 142 Å². The van der Waals surface area contributed by atoms with E-state index in [1.54, 1.807) is 31.3 Å². The van der Waals surface area contributed by atoms with Crippen LogP contribution in [0.2, 0.25) is 0 Å². The SMILES string of the molecule is O=C(O)/C=C/C(=O)O.O=C(c1nn(-c2ccc(CN3CCOCC3)cc2)c2c1CS(=O)(=O)c1c(F)cccc1-2)N1CCOCC1.O=C(c1nn(-c2ccc(CN3CCOCC3)cc2)c2c1CS(=O)(=O)c1c(F)cccc1-2)N1CCOCC1. The Morgan fingerprint density at radius 3 is 1.15 bits per heavy atom. The number of aromatic nitrogens is 4. The van der Waals surface area contributed by atoms with Crippen LogP contribution in [0.1, 0.15) is 43.2 Å². The molecule has 2 aromatic heterocycles. The van der Waals surface area contributed by atoms with Gasteiger partial charge in [0.05, 0.1) is 87.1 Å². The summed E-state index contributed by atoms with van der Waals surface area (Å²) in [5.74, 6) is -5.81. The molecule has 432 valence electrons. The molecule has 2 amide bonds. The number of morpholine rings is 4. The molecule has 0 radical (unpaired) electrons. The molecule has 26 heteroatoms. The summed E-state index contributed by atoms with van der Waals surface area (Å²) in [7, 11) is -8.01. The Kier molecular flexibility index (Phi) is 17.5. The Bertz CT molecular complexity index is 3410. The smallest absolute Gasteiger partial charge is 0.328 e. The molecule has 4 saturated heterocycles. The predicted molar refractivity (Wildman–Crippen MR) is 290 cm³/mol. The lowest BCUT2D eigenvalue weighted by Gasteiger charge is -2.26. The summed E-state index contributed by atoms with van der Waals surface area (Å²) in [5.41, 5.74) is 5.60. The van der Waals surface area contributed by atoms with E-state index in [9.17, 15) is 44.8 Å². The van der Waals surface area contributed by atoms with Crippen molar-refractivity contribution in [2.45, 2.75) is 34.4 Å². The third-order valence-electron chi connectivity index (χ3n) is 14.5. The normalized spacial score (nSPS) is 18.4. The number of amides is 2. The Hall–Kier alpha value is -7.56. The highest BCUT2D eigenvalue weighted by molar-refractivity contribution is 7.91. The van der Waals surface area contributed by atoms with Gasteiger partial charge in [0.15, 0.2) is 31.1 Å². The molecule has 8 heterocycles. The van der Waals surface area contributed by atoms with Crippen LogP contribution >= 0.6 is 0 Å². The third kappa shape index (κ3) is 12.6. The van der Waals surface area contributed by atoms with Crippen LogP contribution in [-0.4, -0.2) is 195 Å². The number of aliphatic carboxylic acids is 2. The highest BCUT2D eigenvalue weighted by Gasteiger charge is 2.41. The van der Waals surface area contributed by atoms with Gasteiger partial charge in [-0.05, 0) is 47.5 Å². The van der Waals surface area contributed by atoms with Crippen LogP contribution in [0.4, 0.5) is 8.78 Å². The molecule has 12 rings (SSSR count). The van der Waals surface area contributed by atoms with Crippen LogP contribution < -0.4 is 0 Å². The maximum absolute atomic E-state index is 14.8. The molecule has 0 saturated carbocycles. The van der Waals surface area contributed by atoms with E-state index < -0.39 is 54.8 Å². The summed E-state index contributed by atoms with van der Waals surface area (Å²) >= 11 is 0. The quantitative estimate of drug-likeness (QED) is 0.182. The van der Waals surface area contributed by atoms with Crippen molar-refractivity contribution >= 4 is 43.4 Å². The Morgan fingerprint density at radius 1 is 0.488 bits per heavy atom. The standard InChI is InChI=1S/2C26H27FN4O5S.C4H4O4/c2*27-22-3-1-2-20-24-21(17-37(33,34)25(20)22)23(26(32)30-10-14-36-15-11-30)28-31(24)19-6-4-18(5-7-19)16-29-8-12-35-13-9-29;5-3(6)1-2-4(7)8/h2*1-7H,8-17H2;1-2H,(H,5,6)(H,7,8)/b;;2-1+. The lowest BCUT2D eigenvalue weighted by molar-refractivity contribution is -0.134. The van der Waals surface area contributed by atoms with Crippen LogP contribution in [0, 0.1) is 11.6 Å². The van der Waals surface area contributed by atoms with E-state index in [1.807, 2.05) is 48.5 Å². The van der Waals surface area contributed by atoms with Crippen molar-refractivity contribution in [2.75, 3.05) is 105 Å². The molecule has 4 aromatic carbocycles. The van der Waals surface area contributed by atoms with E-state index in [2.05, 4.69) is 20.0 Å². The molecular formula is C56H58F2N8O14S2. The first-order valence-electron chi connectivity index (χ1n) is 26.4. The number of hydrogen-bond acceptors (Lipinski definition) is 16. The first kappa shape index (κ1) is 57.7. The van der Waals surface area contributed by atoms with Gasteiger partial charge in [0.2, 0.25) is 0 Å². The average molecular weight is 1170 g/mol. The molecule has 22 nitrogen and oxygen atoms in total. The molecule has 6 aromatic rings. The topological polar surface area (TPSA) is 263 Å². The molecule has 0 aliphatic carbocycles. The van der Waals surface area contributed by atoms with Crippen LogP contribution in [0.25, 0.3) is 33.9 Å². The number of carboxylic acids is 2. The summed E-state index contributed by atoms with van der Waals surface area (Å²) in [6, 6.07) is 23.9. The van der Waals surface area contributed by atoms with Crippen molar-refractivity contribution in [1.29, 1.82) is 0 Å². The van der Waals surface area contributed by atoms with E-state index >= 15 is 0 Å². The van der Waals surface area contributed by atoms with Crippen molar-refractivity contribution in [3.8, 4) is 33.9 Å². The third-order valence-corrected chi connectivity index (χ3v) is 17.9. The van der Waals surface area contributed by atoms with Gasteiger partial charge < -0.3 is 39.0 Å². The van der Waals surface area contributed by atoms with Gasteiger partial charge in [-0.2, -0.15) is 10.2 Å². The van der Waals surface area contributed by atoms with Gasteiger partial charge in [0.25, 0.3) is 11.8 Å². The summed E-state index contributed by atoms with van der Waals surface area (Å²) in [5, 5.41) is 24.9. The van der Waals surface area contributed by atoms with Gasteiger partial charge >= 0.3 is 11.9 Å². The minimum atomic E-state index is -4.00. The lowest BCUT2D eigenvalue weighted by atomic mass is 10.0. The minimum Gasteiger partial charge on any atom is -0.478 e.